The molecule has 0 spiro atoms. The molecule has 1 rings (SSSR count). The maximum atomic E-state index is 4.11. The molecule has 0 aliphatic rings. The Labute approximate surface area is 72.0 Å². The van der Waals surface area contributed by atoms with Gasteiger partial charge in [-0.2, -0.15) is 11.8 Å². The average molecular weight is 170 g/mol. The first-order chi connectivity index (χ1) is 5.25. The van der Waals surface area contributed by atoms with Gasteiger partial charge in [0, 0.05) is 23.7 Å². The van der Waals surface area contributed by atoms with Gasteiger partial charge in [0.15, 0.2) is 0 Å². The van der Waals surface area contributed by atoms with Crippen molar-refractivity contribution in [1.29, 1.82) is 0 Å². The van der Waals surface area contributed by atoms with E-state index in [2.05, 4.69) is 29.7 Å². The first-order valence-corrected chi connectivity index (χ1v) is 5.14. The van der Waals surface area contributed by atoms with Gasteiger partial charge in [0.05, 0.1) is 6.33 Å². The van der Waals surface area contributed by atoms with Gasteiger partial charge < -0.3 is 4.57 Å². The first kappa shape index (κ1) is 8.65. The summed E-state index contributed by atoms with van der Waals surface area (Å²) >= 11 is 1.83. The van der Waals surface area contributed by atoms with Crippen molar-refractivity contribution in [2.45, 2.75) is 25.6 Å². The van der Waals surface area contributed by atoms with Crippen LogP contribution in [0.1, 0.15) is 25.6 Å². The lowest BCUT2D eigenvalue weighted by Crippen LogP contribution is -2.02. The maximum Gasteiger partial charge on any atom is 0.0950 e. The fourth-order valence-electron chi connectivity index (χ4n) is 1.06. The molecule has 11 heavy (non-hydrogen) atoms. The van der Waals surface area contributed by atoms with Gasteiger partial charge >= 0.3 is 0 Å². The molecule has 0 N–H and O–H groups in total. The number of hydrogen-bond acceptors (Lipinski definition) is 2. The normalized spacial score (nSPS) is 10.9. The van der Waals surface area contributed by atoms with Gasteiger partial charge in [-0.1, -0.05) is 0 Å². The number of rotatable bonds is 3. The minimum Gasteiger partial charge on any atom is -0.331 e. The summed E-state index contributed by atoms with van der Waals surface area (Å²) in [4.78, 5) is 4.11. The van der Waals surface area contributed by atoms with E-state index in [0.29, 0.717) is 6.04 Å². The first-order valence-electron chi connectivity index (χ1n) is 3.75. The zero-order chi connectivity index (χ0) is 8.27. The second-order valence-electron chi connectivity index (χ2n) is 2.82. The third kappa shape index (κ3) is 1.99. The largest absolute Gasteiger partial charge is 0.331 e. The van der Waals surface area contributed by atoms with Crippen LogP contribution in [-0.4, -0.2) is 15.8 Å². The van der Waals surface area contributed by atoms with Gasteiger partial charge in [0.1, 0.15) is 0 Å². The molecule has 0 aromatic carbocycles. The van der Waals surface area contributed by atoms with E-state index in [1.165, 1.54) is 5.69 Å². The van der Waals surface area contributed by atoms with Crippen molar-refractivity contribution in [3.8, 4) is 0 Å². The number of aromatic nitrogens is 2. The number of nitrogens with zero attached hydrogens (tertiary/aromatic N) is 2. The highest BCUT2D eigenvalue weighted by molar-refractivity contribution is 7.97. The third-order valence-corrected chi connectivity index (χ3v) is 2.18. The lowest BCUT2D eigenvalue weighted by molar-refractivity contribution is 0.584. The van der Waals surface area contributed by atoms with E-state index in [1.807, 2.05) is 24.3 Å². The van der Waals surface area contributed by atoms with Gasteiger partial charge in [0.2, 0.25) is 0 Å². The second-order valence-corrected chi connectivity index (χ2v) is 3.69. The standard InChI is InChI=1S/C8H14N2S/c1-7(2)10-6-9-4-8(10)5-11-3/h4,6-7H,5H2,1-3H3. The van der Waals surface area contributed by atoms with Crippen LogP contribution >= 0.6 is 11.8 Å². The minimum absolute atomic E-state index is 0.527. The van der Waals surface area contributed by atoms with Crippen LogP contribution in [0.4, 0.5) is 0 Å². The van der Waals surface area contributed by atoms with Crippen molar-refractivity contribution < 1.29 is 0 Å². The smallest absolute Gasteiger partial charge is 0.0950 e. The van der Waals surface area contributed by atoms with Gasteiger partial charge in [-0.3, -0.25) is 0 Å². The average Bonchev–Trinajstić information content (AvgIpc) is 2.36. The molecule has 0 saturated carbocycles. The van der Waals surface area contributed by atoms with Crippen LogP contribution in [0.2, 0.25) is 0 Å². The van der Waals surface area contributed by atoms with E-state index in [4.69, 9.17) is 0 Å². The van der Waals surface area contributed by atoms with Gasteiger partial charge in [0.25, 0.3) is 0 Å². The monoisotopic (exact) mass is 170 g/mol. The fraction of sp³-hybridized carbons (Fsp3) is 0.625. The predicted molar refractivity (Wildman–Crippen MR) is 49.8 cm³/mol. The summed E-state index contributed by atoms with van der Waals surface area (Å²) in [5.41, 5.74) is 1.31. The van der Waals surface area contributed by atoms with E-state index < -0.39 is 0 Å². The van der Waals surface area contributed by atoms with Gasteiger partial charge in [-0.25, -0.2) is 4.98 Å². The Bertz CT molecular complexity index is 218. The molecule has 0 unspecified atom stereocenters. The molecule has 0 radical (unpaired) electrons. The van der Waals surface area contributed by atoms with Crippen LogP contribution < -0.4 is 0 Å². The van der Waals surface area contributed by atoms with Crippen molar-refractivity contribution in [3.05, 3.63) is 18.2 Å². The van der Waals surface area contributed by atoms with E-state index >= 15 is 0 Å². The maximum absolute atomic E-state index is 4.11. The van der Waals surface area contributed by atoms with Crippen LogP contribution in [-0.2, 0) is 5.75 Å². The molecule has 1 aromatic rings. The molecule has 0 bridgehead atoms. The predicted octanol–water partition coefficient (Wildman–Crippen LogP) is 2.33. The minimum atomic E-state index is 0.527. The van der Waals surface area contributed by atoms with Crippen molar-refractivity contribution >= 4 is 11.8 Å². The number of hydrogen-bond donors (Lipinski definition) is 0. The summed E-state index contributed by atoms with van der Waals surface area (Å²) in [5.74, 6) is 1.05. The Kier molecular flexibility index (Phi) is 3.00. The van der Waals surface area contributed by atoms with E-state index in [1.54, 1.807) is 0 Å². The highest BCUT2D eigenvalue weighted by atomic mass is 32.2. The van der Waals surface area contributed by atoms with Gasteiger partial charge in [-0.05, 0) is 20.1 Å². The summed E-state index contributed by atoms with van der Waals surface area (Å²) < 4.78 is 2.20. The van der Waals surface area contributed by atoms with Crippen LogP contribution in [0.25, 0.3) is 0 Å². The lowest BCUT2D eigenvalue weighted by Gasteiger charge is -2.09. The highest BCUT2D eigenvalue weighted by Gasteiger charge is 2.02. The van der Waals surface area contributed by atoms with Crippen molar-refractivity contribution in [1.82, 2.24) is 9.55 Å². The molecule has 0 aliphatic heterocycles. The Morgan fingerprint density at radius 3 is 2.91 bits per heavy atom. The number of thioether (sulfide) groups is 1. The molecule has 2 nitrogen and oxygen atoms in total. The molecular weight excluding hydrogens is 156 g/mol. The van der Waals surface area contributed by atoms with Crippen molar-refractivity contribution in [2.75, 3.05) is 6.26 Å². The van der Waals surface area contributed by atoms with Crippen LogP contribution in [0.3, 0.4) is 0 Å². The molecule has 0 aliphatic carbocycles. The van der Waals surface area contributed by atoms with Crippen LogP contribution in [0, 0.1) is 0 Å². The molecule has 1 aromatic heterocycles. The number of imidazole rings is 1. The Morgan fingerprint density at radius 2 is 2.36 bits per heavy atom. The summed E-state index contributed by atoms with van der Waals surface area (Å²) in [7, 11) is 0. The molecule has 1 heterocycles. The molecule has 0 fully saturated rings. The quantitative estimate of drug-likeness (QED) is 0.693. The third-order valence-electron chi connectivity index (χ3n) is 1.59. The summed E-state index contributed by atoms with van der Waals surface area (Å²) in [5, 5.41) is 0. The zero-order valence-electron chi connectivity index (χ0n) is 7.24. The zero-order valence-corrected chi connectivity index (χ0v) is 8.06. The summed E-state index contributed by atoms with van der Waals surface area (Å²) in [6.07, 6.45) is 5.95. The topological polar surface area (TPSA) is 17.8 Å². The van der Waals surface area contributed by atoms with E-state index in [-0.39, 0.29) is 0 Å². The Hall–Kier alpha value is -0.440. The van der Waals surface area contributed by atoms with Gasteiger partial charge in [-0.15, -0.1) is 0 Å². The summed E-state index contributed by atoms with van der Waals surface area (Å²) in [6, 6.07) is 0.527. The Balaban J connectivity index is 2.78. The Morgan fingerprint density at radius 1 is 1.64 bits per heavy atom. The second kappa shape index (κ2) is 3.81. The van der Waals surface area contributed by atoms with E-state index in [0.717, 1.165) is 5.75 Å². The van der Waals surface area contributed by atoms with Crippen LogP contribution in [0.5, 0.6) is 0 Å². The molecule has 62 valence electrons. The van der Waals surface area contributed by atoms with Crippen molar-refractivity contribution in [2.24, 2.45) is 0 Å². The fourth-order valence-corrected chi connectivity index (χ4v) is 1.58. The molecular formula is C8H14N2S. The molecule has 0 saturated heterocycles. The summed E-state index contributed by atoms with van der Waals surface area (Å²) in [6.45, 7) is 4.34. The SMILES string of the molecule is CSCc1cncn1C(C)C. The molecule has 0 atom stereocenters. The lowest BCUT2D eigenvalue weighted by atomic mass is 10.4. The highest BCUT2D eigenvalue weighted by Crippen LogP contribution is 2.13. The molecule has 3 heteroatoms. The van der Waals surface area contributed by atoms with E-state index in [9.17, 15) is 0 Å². The van der Waals surface area contributed by atoms with Crippen molar-refractivity contribution in [3.63, 3.8) is 0 Å². The van der Waals surface area contributed by atoms with Crippen LogP contribution in [0.15, 0.2) is 12.5 Å². The molecule has 0 amide bonds.